The molecule has 1 aromatic heterocycles. The average molecular weight is 209 g/mol. The monoisotopic (exact) mass is 209 g/mol. The van der Waals surface area contributed by atoms with Crippen molar-refractivity contribution in [2.24, 2.45) is 0 Å². The number of carbonyl (C=O) groups is 1. The molecule has 0 spiro atoms. The van der Waals surface area contributed by atoms with E-state index in [0.29, 0.717) is 5.69 Å². The Hall–Kier alpha value is -1.42. The Kier molecular flexibility index (Phi) is 3.42. The molecule has 0 aliphatic rings. The number of nitrogens with zero attached hydrogens (tertiary/aromatic N) is 1. The molecule has 0 aliphatic carbocycles. The molecule has 1 heterocycles. The minimum absolute atomic E-state index is 0.0973. The number of aryl methyl sites for hydroxylation is 1. The highest BCUT2D eigenvalue weighted by atomic mass is 16.5. The van der Waals surface area contributed by atoms with E-state index >= 15 is 0 Å². The van der Waals surface area contributed by atoms with E-state index in [1.54, 1.807) is 19.2 Å². The minimum atomic E-state index is -1.28. The smallest absolute Gasteiger partial charge is 0.308 e. The summed E-state index contributed by atoms with van der Waals surface area (Å²) < 4.78 is 4.51. The van der Waals surface area contributed by atoms with Gasteiger partial charge in [-0.15, -0.1) is 0 Å². The molecule has 0 aromatic carbocycles. The van der Waals surface area contributed by atoms with E-state index in [1.807, 2.05) is 13.0 Å². The van der Waals surface area contributed by atoms with Crippen LogP contribution < -0.4 is 0 Å². The van der Waals surface area contributed by atoms with Gasteiger partial charge in [-0.1, -0.05) is 0 Å². The van der Waals surface area contributed by atoms with E-state index < -0.39 is 11.6 Å². The fourth-order valence-electron chi connectivity index (χ4n) is 1.27. The molecular formula is C11H15NO3. The van der Waals surface area contributed by atoms with Gasteiger partial charge in [0.2, 0.25) is 0 Å². The molecule has 82 valence electrons. The Morgan fingerprint density at radius 3 is 2.87 bits per heavy atom. The first-order chi connectivity index (χ1) is 6.95. The molecule has 1 aromatic rings. The summed E-state index contributed by atoms with van der Waals surface area (Å²) in [6.45, 7) is 3.45. The van der Waals surface area contributed by atoms with Crippen molar-refractivity contribution in [2.45, 2.75) is 25.9 Å². The van der Waals surface area contributed by atoms with Crippen LogP contribution in [-0.2, 0) is 15.1 Å². The van der Waals surface area contributed by atoms with Gasteiger partial charge in [-0.2, -0.15) is 0 Å². The third-order valence-electron chi connectivity index (χ3n) is 2.18. The highest BCUT2D eigenvalue weighted by molar-refractivity contribution is 5.70. The summed E-state index contributed by atoms with van der Waals surface area (Å²) in [4.78, 5) is 15.1. The summed E-state index contributed by atoms with van der Waals surface area (Å²) >= 11 is 0. The zero-order valence-electron chi connectivity index (χ0n) is 9.15. The molecule has 0 aliphatic heterocycles. The molecule has 0 bridgehead atoms. The summed E-state index contributed by atoms with van der Waals surface area (Å²) in [5.74, 6) is -0.455. The van der Waals surface area contributed by atoms with Gasteiger partial charge in [0.1, 0.15) is 5.60 Å². The highest BCUT2D eigenvalue weighted by Crippen LogP contribution is 2.23. The fourth-order valence-corrected chi connectivity index (χ4v) is 1.27. The van der Waals surface area contributed by atoms with Crippen LogP contribution >= 0.6 is 0 Å². The van der Waals surface area contributed by atoms with Crippen LogP contribution in [0.5, 0.6) is 0 Å². The molecular weight excluding hydrogens is 194 g/mol. The summed E-state index contributed by atoms with van der Waals surface area (Å²) in [6, 6.07) is 3.58. The maximum atomic E-state index is 11.1. The number of aliphatic hydroxyl groups is 1. The number of carbonyl (C=O) groups excluding carboxylic acids is 1. The lowest BCUT2D eigenvalue weighted by Gasteiger charge is -2.21. The average Bonchev–Trinajstić information content (AvgIpc) is 2.17. The molecule has 0 saturated carbocycles. The number of ether oxygens (including phenoxy) is 1. The van der Waals surface area contributed by atoms with Gasteiger partial charge in [0.25, 0.3) is 0 Å². The third-order valence-corrected chi connectivity index (χ3v) is 2.18. The van der Waals surface area contributed by atoms with Crippen molar-refractivity contribution in [2.75, 3.05) is 7.11 Å². The molecule has 0 radical (unpaired) electrons. The summed E-state index contributed by atoms with van der Waals surface area (Å²) in [5, 5.41) is 10.0. The third kappa shape index (κ3) is 3.02. The van der Waals surface area contributed by atoms with Crippen LogP contribution in [0.25, 0.3) is 0 Å². The Labute approximate surface area is 88.9 Å². The van der Waals surface area contributed by atoms with Crippen molar-refractivity contribution in [1.29, 1.82) is 0 Å². The SMILES string of the molecule is COC(=O)CC(C)(O)c1cc(C)ccn1. The number of esters is 1. The highest BCUT2D eigenvalue weighted by Gasteiger charge is 2.28. The predicted octanol–water partition coefficient (Wildman–Crippen LogP) is 1.16. The lowest BCUT2D eigenvalue weighted by atomic mass is 9.96. The van der Waals surface area contributed by atoms with Gasteiger partial charge in [-0.25, -0.2) is 0 Å². The molecule has 0 fully saturated rings. The van der Waals surface area contributed by atoms with Gasteiger partial charge in [0.15, 0.2) is 0 Å². The van der Waals surface area contributed by atoms with E-state index in [2.05, 4.69) is 9.72 Å². The second-order valence-electron chi connectivity index (χ2n) is 3.75. The van der Waals surface area contributed by atoms with Crippen LogP contribution in [0.15, 0.2) is 18.3 Å². The molecule has 1 unspecified atom stereocenters. The minimum Gasteiger partial charge on any atom is -0.469 e. The zero-order chi connectivity index (χ0) is 11.5. The largest absolute Gasteiger partial charge is 0.469 e. The number of hydrogen-bond acceptors (Lipinski definition) is 4. The first-order valence-electron chi connectivity index (χ1n) is 4.68. The van der Waals surface area contributed by atoms with Crippen LogP contribution in [0.2, 0.25) is 0 Å². The molecule has 4 heteroatoms. The van der Waals surface area contributed by atoms with E-state index in [0.717, 1.165) is 5.56 Å². The lowest BCUT2D eigenvalue weighted by molar-refractivity contribution is -0.146. The molecule has 0 saturated heterocycles. The van der Waals surface area contributed by atoms with Crippen molar-refractivity contribution in [3.05, 3.63) is 29.6 Å². The molecule has 4 nitrogen and oxygen atoms in total. The van der Waals surface area contributed by atoms with E-state index in [4.69, 9.17) is 0 Å². The second-order valence-corrected chi connectivity index (χ2v) is 3.75. The van der Waals surface area contributed by atoms with Crippen LogP contribution in [-0.4, -0.2) is 23.2 Å². The summed E-state index contributed by atoms with van der Waals surface area (Å²) in [7, 11) is 1.29. The fraction of sp³-hybridized carbons (Fsp3) is 0.455. The van der Waals surface area contributed by atoms with Crippen molar-refractivity contribution >= 4 is 5.97 Å². The molecule has 1 rings (SSSR count). The van der Waals surface area contributed by atoms with Gasteiger partial charge in [0.05, 0.1) is 19.2 Å². The van der Waals surface area contributed by atoms with Crippen LogP contribution in [0.1, 0.15) is 24.6 Å². The van der Waals surface area contributed by atoms with Crippen molar-refractivity contribution in [1.82, 2.24) is 4.98 Å². The maximum absolute atomic E-state index is 11.1. The number of methoxy groups -OCH3 is 1. The molecule has 15 heavy (non-hydrogen) atoms. The van der Waals surface area contributed by atoms with E-state index in [-0.39, 0.29) is 6.42 Å². The van der Waals surface area contributed by atoms with Crippen molar-refractivity contribution < 1.29 is 14.6 Å². The first-order valence-corrected chi connectivity index (χ1v) is 4.68. The topological polar surface area (TPSA) is 59.4 Å². The summed E-state index contributed by atoms with van der Waals surface area (Å²) in [5.41, 5.74) is 0.192. The molecule has 0 amide bonds. The Morgan fingerprint density at radius 1 is 1.67 bits per heavy atom. The van der Waals surface area contributed by atoms with E-state index in [9.17, 15) is 9.90 Å². The van der Waals surface area contributed by atoms with Crippen molar-refractivity contribution in [3.8, 4) is 0 Å². The Bertz CT molecular complexity index is 361. The number of hydrogen-bond donors (Lipinski definition) is 1. The van der Waals surface area contributed by atoms with Crippen LogP contribution in [0.4, 0.5) is 0 Å². The second kappa shape index (κ2) is 4.40. The number of pyridine rings is 1. The Balaban J connectivity index is 2.90. The molecule has 1 atom stereocenters. The van der Waals surface area contributed by atoms with Crippen molar-refractivity contribution in [3.63, 3.8) is 0 Å². The van der Waals surface area contributed by atoms with Gasteiger partial charge < -0.3 is 9.84 Å². The quantitative estimate of drug-likeness (QED) is 0.759. The Morgan fingerprint density at radius 2 is 2.33 bits per heavy atom. The number of aromatic nitrogens is 1. The predicted molar refractivity (Wildman–Crippen MR) is 55.2 cm³/mol. The van der Waals surface area contributed by atoms with Crippen LogP contribution in [0, 0.1) is 6.92 Å². The first kappa shape index (κ1) is 11.7. The molecule has 1 N–H and O–H groups in total. The van der Waals surface area contributed by atoms with Gasteiger partial charge in [0, 0.05) is 6.20 Å². The zero-order valence-corrected chi connectivity index (χ0v) is 9.15. The van der Waals surface area contributed by atoms with E-state index in [1.165, 1.54) is 7.11 Å². The number of rotatable bonds is 3. The van der Waals surface area contributed by atoms with Gasteiger partial charge in [-0.3, -0.25) is 9.78 Å². The normalized spacial score (nSPS) is 14.4. The maximum Gasteiger partial charge on any atom is 0.308 e. The summed E-state index contributed by atoms with van der Waals surface area (Å²) in [6.07, 6.45) is 1.51. The lowest BCUT2D eigenvalue weighted by Crippen LogP contribution is -2.27. The van der Waals surface area contributed by atoms with Crippen LogP contribution in [0.3, 0.4) is 0 Å². The van der Waals surface area contributed by atoms with Gasteiger partial charge >= 0.3 is 5.97 Å². The van der Waals surface area contributed by atoms with Gasteiger partial charge in [-0.05, 0) is 31.5 Å². The standard InChI is InChI=1S/C11H15NO3/c1-8-4-5-12-9(6-8)11(2,14)7-10(13)15-3/h4-6,14H,7H2,1-3H3.